The minimum atomic E-state index is -4.55. The molecule has 12 heteroatoms. The van der Waals surface area contributed by atoms with Crippen molar-refractivity contribution in [3.8, 4) is 11.5 Å². The Balaban J connectivity index is 1.81. The Hall–Kier alpha value is -3.70. The highest BCUT2D eigenvalue weighted by Gasteiger charge is 2.20. The Morgan fingerprint density at radius 3 is 2.46 bits per heavy atom. The molecule has 4 aromatic rings. The van der Waals surface area contributed by atoms with Gasteiger partial charge >= 0.3 is 0 Å². The van der Waals surface area contributed by atoms with E-state index in [1.165, 1.54) is 19.2 Å². The second-order valence-electron chi connectivity index (χ2n) is 7.90. The third-order valence-electron chi connectivity index (χ3n) is 5.45. The average Bonchev–Trinajstić information content (AvgIpc) is 2.84. The van der Waals surface area contributed by atoms with Crippen molar-refractivity contribution in [1.82, 2.24) is 0 Å². The fraction of sp³-hybridized carbons (Fsp3) is 0.0800. The molecular weight excluding hydrogens is 541 g/mol. The van der Waals surface area contributed by atoms with Gasteiger partial charge in [-0.2, -0.15) is 13.5 Å². The molecule has 37 heavy (non-hydrogen) atoms. The minimum Gasteiger partial charge on any atom is -0.505 e. The van der Waals surface area contributed by atoms with E-state index in [9.17, 15) is 22.9 Å². The third-order valence-corrected chi connectivity index (χ3v) is 6.89. The smallest absolute Gasteiger partial charge is 0.294 e. The van der Waals surface area contributed by atoms with Crippen LogP contribution in [0.1, 0.15) is 15.9 Å². The van der Waals surface area contributed by atoms with Crippen molar-refractivity contribution < 1.29 is 27.6 Å². The molecule has 0 saturated heterocycles. The second kappa shape index (κ2) is 10.3. The molecule has 0 fully saturated rings. The highest BCUT2D eigenvalue weighted by Crippen LogP contribution is 2.40. The molecule has 0 aliphatic rings. The van der Waals surface area contributed by atoms with Crippen molar-refractivity contribution in [3.63, 3.8) is 0 Å². The lowest BCUT2D eigenvalue weighted by Crippen LogP contribution is -2.12. The first-order valence-corrected chi connectivity index (χ1v) is 12.8. The largest absolute Gasteiger partial charge is 0.505 e. The van der Waals surface area contributed by atoms with Crippen LogP contribution in [0.15, 0.2) is 75.8 Å². The van der Waals surface area contributed by atoms with Crippen LogP contribution in [0.5, 0.6) is 11.5 Å². The fourth-order valence-corrected chi connectivity index (χ4v) is 4.57. The number of hydrogen-bond acceptors (Lipinski definition) is 7. The number of phenolic OH excluding ortho intramolecular Hbond substituents is 1. The summed E-state index contributed by atoms with van der Waals surface area (Å²) in [4.78, 5) is 12.7. The normalized spacial score (nSPS) is 11.7. The van der Waals surface area contributed by atoms with Gasteiger partial charge in [0.15, 0.2) is 5.75 Å². The van der Waals surface area contributed by atoms with Gasteiger partial charge in [-0.25, -0.2) is 0 Å². The average molecular weight is 560 g/mol. The Kier molecular flexibility index (Phi) is 7.37. The van der Waals surface area contributed by atoms with Crippen LogP contribution in [0.4, 0.5) is 17.1 Å². The van der Waals surface area contributed by atoms with Crippen molar-refractivity contribution in [2.75, 3.05) is 12.4 Å². The molecule has 0 radical (unpaired) electrons. The standard InChI is InChI=1S/C25H19Cl2N3O6S/c1-13-21(27)11-18(37(33,34)35)12-22(13)29-30-23-19-6-4-3-5-14(19)7-20(24(23)31)25(32)28-16-8-15(26)9-17(10-16)36-2/h3-12,31H,1-2H3,(H,28,32)(H,33,34,35). The van der Waals surface area contributed by atoms with E-state index >= 15 is 0 Å². The van der Waals surface area contributed by atoms with Crippen LogP contribution < -0.4 is 10.1 Å². The van der Waals surface area contributed by atoms with Crippen molar-refractivity contribution >= 4 is 67.1 Å². The molecule has 0 aliphatic heterocycles. The molecule has 0 aliphatic carbocycles. The van der Waals surface area contributed by atoms with E-state index < -0.39 is 26.7 Å². The van der Waals surface area contributed by atoms with E-state index in [2.05, 4.69) is 15.5 Å². The molecule has 0 saturated carbocycles. The van der Waals surface area contributed by atoms with Gasteiger partial charge in [0.1, 0.15) is 11.4 Å². The zero-order valence-corrected chi connectivity index (χ0v) is 21.7. The predicted molar refractivity (Wildman–Crippen MR) is 142 cm³/mol. The van der Waals surface area contributed by atoms with Gasteiger partial charge in [-0.05, 0) is 48.2 Å². The molecule has 9 nitrogen and oxygen atoms in total. The van der Waals surface area contributed by atoms with Crippen LogP contribution in [-0.2, 0) is 10.1 Å². The highest BCUT2D eigenvalue weighted by molar-refractivity contribution is 7.85. The number of fused-ring (bicyclic) bond motifs is 1. The summed E-state index contributed by atoms with van der Waals surface area (Å²) in [6, 6.07) is 15.2. The molecule has 0 bridgehead atoms. The van der Waals surface area contributed by atoms with Gasteiger partial charge in [0, 0.05) is 27.2 Å². The third kappa shape index (κ3) is 5.67. The van der Waals surface area contributed by atoms with Gasteiger partial charge in [0.25, 0.3) is 16.0 Å². The predicted octanol–water partition coefficient (Wildman–Crippen LogP) is 7.08. The minimum absolute atomic E-state index is 0.0281. The molecule has 3 N–H and O–H groups in total. The number of benzene rings is 4. The zero-order valence-electron chi connectivity index (χ0n) is 19.4. The molecule has 0 aromatic heterocycles. The molecule has 0 spiro atoms. The lowest BCUT2D eigenvalue weighted by atomic mass is 10.0. The number of hydrogen-bond donors (Lipinski definition) is 3. The van der Waals surface area contributed by atoms with E-state index in [1.807, 2.05) is 0 Å². The summed E-state index contributed by atoms with van der Waals surface area (Å²) in [6.07, 6.45) is 0. The molecular formula is C25H19Cl2N3O6S. The Bertz CT molecular complexity index is 1690. The maximum atomic E-state index is 13.1. The molecule has 190 valence electrons. The maximum absolute atomic E-state index is 13.1. The van der Waals surface area contributed by atoms with E-state index in [0.717, 1.165) is 12.1 Å². The van der Waals surface area contributed by atoms with Gasteiger partial charge in [-0.3, -0.25) is 9.35 Å². The second-order valence-corrected chi connectivity index (χ2v) is 10.2. The number of nitrogens with zero attached hydrogens (tertiary/aromatic N) is 2. The first-order chi connectivity index (χ1) is 17.5. The van der Waals surface area contributed by atoms with Crippen molar-refractivity contribution in [1.29, 1.82) is 0 Å². The number of methoxy groups -OCH3 is 1. The van der Waals surface area contributed by atoms with Crippen LogP contribution in [0.2, 0.25) is 10.0 Å². The number of aromatic hydroxyl groups is 1. The first kappa shape index (κ1) is 26.4. The van der Waals surface area contributed by atoms with Crippen molar-refractivity contribution in [2.24, 2.45) is 10.2 Å². The van der Waals surface area contributed by atoms with Crippen LogP contribution >= 0.6 is 23.2 Å². The summed E-state index contributed by atoms with van der Waals surface area (Å²) >= 11 is 12.2. The molecule has 1 amide bonds. The van der Waals surface area contributed by atoms with E-state index in [0.29, 0.717) is 32.8 Å². The van der Waals surface area contributed by atoms with E-state index in [1.54, 1.807) is 43.3 Å². The van der Waals surface area contributed by atoms with Gasteiger partial charge < -0.3 is 15.2 Å². The van der Waals surface area contributed by atoms with Crippen LogP contribution in [0.3, 0.4) is 0 Å². The molecule has 4 rings (SSSR count). The molecule has 4 aromatic carbocycles. The Labute approximate surface area is 222 Å². The topological polar surface area (TPSA) is 138 Å². The van der Waals surface area contributed by atoms with Crippen LogP contribution in [0.25, 0.3) is 10.8 Å². The number of carbonyl (C=O) groups excluding carboxylic acids is 1. The number of nitrogens with one attached hydrogen (secondary N) is 1. The lowest BCUT2D eigenvalue weighted by Gasteiger charge is -2.12. The molecule has 0 atom stereocenters. The Morgan fingerprint density at radius 1 is 1.03 bits per heavy atom. The molecule has 0 unspecified atom stereocenters. The zero-order chi connectivity index (χ0) is 26.9. The first-order valence-electron chi connectivity index (χ1n) is 10.6. The number of phenols is 1. The summed E-state index contributed by atoms with van der Waals surface area (Å²) in [7, 11) is -3.09. The van der Waals surface area contributed by atoms with Gasteiger partial charge in [-0.15, -0.1) is 5.11 Å². The number of rotatable bonds is 6. The van der Waals surface area contributed by atoms with Gasteiger partial charge in [-0.1, -0.05) is 47.5 Å². The summed E-state index contributed by atoms with van der Waals surface area (Å²) < 4.78 is 37.8. The van der Waals surface area contributed by atoms with Crippen LogP contribution in [0, 0.1) is 6.92 Å². The SMILES string of the molecule is COc1cc(Cl)cc(NC(=O)c2cc3ccccc3c(N=Nc3cc(S(=O)(=O)O)cc(Cl)c3C)c2O)c1. The Morgan fingerprint density at radius 2 is 1.76 bits per heavy atom. The van der Waals surface area contributed by atoms with Crippen LogP contribution in [-0.4, -0.2) is 31.1 Å². The quantitative estimate of drug-likeness (QED) is 0.170. The summed E-state index contributed by atoms with van der Waals surface area (Å²) in [6.45, 7) is 1.59. The van der Waals surface area contributed by atoms with E-state index in [-0.39, 0.29) is 22.0 Å². The number of carbonyl (C=O) groups is 1. The summed E-state index contributed by atoms with van der Waals surface area (Å²) in [5, 5.41) is 23.4. The van der Waals surface area contributed by atoms with Crippen molar-refractivity contribution in [3.05, 3.63) is 81.8 Å². The monoisotopic (exact) mass is 559 g/mol. The number of halogens is 2. The lowest BCUT2D eigenvalue weighted by molar-refractivity contribution is 0.102. The number of amides is 1. The highest BCUT2D eigenvalue weighted by atomic mass is 35.5. The number of ether oxygens (including phenoxy) is 1. The maximum Gasteiger partial charge on any atom is 0.294 e. The van der Waals surface area contributed by atoms with Gasteiger partial charge in [0.05, 0.1) is 23.3 Å². The summed E-state index contributed by atoms with van der Waals surface area (Å²) in [5.74, 6) is -0.665. The number of anilines is 1. The fourth-order valence-electron chi connectivity index (χ4n) is 3.54. The van der Waals surface area contributed by atoms with E-state index in [4.69, 9.17) is 27.9 Å². The van der Waals surface area contributed by atoms with Gasteiger partial charge in [0.2, 0.25) is 0 Å². The number of azo groups is 1. The van der Waals surface area contributed by atoms with Crippen molar-refractivity contribution in [2.45, 2.75) is 11.8 Å². The molecule has 0 heterocycles. The summed E-state index contributed by atoms with van der Waals surface area (Å²) in [5.41, 5.74) is 0.667.